The zero-order chi connectivity index (χ0) is 22.0. The Morgan fingerprint density at radius 1 is 1.16 bits per heavy atom. The second-order valence-corrected chi connectivity index (χ2v) is 7.44. The smallest absolute Gasteiger partial charge is 0.255 e. The van der Waals surface area contributed by atoms with Crippen LogP contribution in [0.2, 0.25) is 5.02 Å². The second kappa shape index (κ2) is 8.60. The number of aromatic nitrogens is 1. The monoisotopic (exact) mass is 433 g/mol. The van der Waals surface area contributed by atoms with Crippen molar-refractivity contribution in [1.82, 2.24) is 4.57 Å². The number of nitrogens with zero attached hydrogens (tertiary/aromatic N) is 2. The average Bonchev–Trinajstić information content (AvgIpc) is 3.15. The topological polar surface area (TPSA) is 78.1 Å². The molecule has 0 bridgehead atoms. The third-order valence-electron chi connectivity index (χ3n) is 4.97. The van der Waals surface area contributed by atoms with Crippen molar-refractivity contribution in [2.24, 2.45) is 0 Å². The highest BCUT2D eigenvalue weighted by Gasteiger charge is 2.18. The van der Waals surface area contributed by atoms with Crippen molar-refractivity contribution in [2.45, 2.75) is 12.6 Å². The van der Waals surface area contributed by atoms with Crippen LogP contribution in [-0.4, -0.2) is 21.7 Å². The van der Waals surface area contributed by atoms with Crippen LogP contribution in [0, 0.1) is 17.1 Å². The predicted octanol–water partition coefficient (Wildman–Crippen LogP) is 4.97. The number of aliphatic hydroxyl groups excluding tert-OH is 1. The molecule has 2 N–H and O–H groups in total. The standard InChI is InChI=1S/C24H17ClFN3O2/c25-20-11-18(7-6-17(20)13-27)28-24(31)23(30)14-29-9-8-16-10-21(26)19(12-22(16)29)15-4-2-1-3-5-15/h1-12,23,30H,14H2,(H,28,31)/t23-/m0/s1. The van der Waals surface area contributed by atoms with Gasteiger partial charge in [-0.25, -0.2) is 4.39 Å². The number of aliphatic hydroxyl groups is 1. The lowest BCUT2D eigenvalue weighted by atomic mass is 10.0. The minimum absolute atomic E-state index is 0.0147. The number of rotatable bonds is 5. The van der Waals surface area contributed by atoms with Gasteiger partial charge >= 0.3 is 0 Å². The van der Waals surface area contributed by atoms with Gasteiger partial charge in [-0.05, 0) is 42.0 Å². The van der Waals surface area contributed by atoms with Gasteiger partial charge in [0, 0.05) is 28.4 Å². The lowest BCUT2D eigenvalue weighted by Gasteiger charge is -2.14. The van der Waals surface area contributed by atoms with E-state index in [4.69, 9.17) is 16.9 Å². The van der Waals surface area contributed by atoms with Crippen LogP contribution in [0.4, 0.5) is 10.1 Å². The van der Waals surface area contributed by atoms with Gasteiger partial charge in [-0.2, -0.15) is 5.26 Å². The van der Waals surface area contributed by atoms with E-state index in [2.05, 4.69) is 5.32 Å². The number of benzene rings is 3. The van der Waals surface area contributed by atoms with Gasteiger partial charge in [0.15, 0.2) is 6.10 Å². The van der Waals surface area contributed by atoms with Gasteiger partial charge in [0.05, 0.1) is 17.1 Å². The van der Waals surface area contributed by atoms with Crippen LogP contribution in [0.5, 0.6) is 0 Å². The molecule has 0 aliphatic carbocycles. The maximum absolute atomic E-state index is 14.6. The van der Waals surface area contributed by atoms with E-state index in [9.17, 15) is 14.3 Å². The number of carbonyl (C=O) groups excluding carboxylic acids is 1. The molecule has 4 aromatic rings. The lowest BCUT2D eigenvalue weighted by Crippen LogP contribution is -2.31. The largest absolute Gasteiger partial charge is 0.381 e. The number of anilines is 1. The number of carbonyl (C=O) groups is 1. The van der Waals surface area contributed by atoms with E-state index in [0.29, 0.717) is 27.7 Å². The Hall–Kier alpha value is -3.66. The molecule has 0 radical (unpaired) electrons. The molecular weight excluding hydrogens is 417 g/mol. The quantitative estimate of drug-likeness (QED) is 0.466. The van der Waals surface area contributed by atoms with Crippen LogP contribution < -0.4 is 5.32 Å². The minimum Gasteiger partial charge on any atom is -0.381 e. The fraction of sp³-hybridized carbons (Fsp3) is 0.0833. The van der Waals surface area contributed by atoms with Gasteiger partial charge in [0.2, 0.25) is 0 Å². The van der Waals surface area contributed by atoms with Gasteiger partial charge in [0.25, 0.3) is 5.91 Å². The molecule has 7 heteroatoms. The summed E-state index contributed by atoms with van der Waals surface area (Å²) in [4.78, 5) is 12.4. The fourth-order valence-electron chi connectivity index (χ4n) is 3.39. The van der Waals surface area contributed by atoms with Gasteiger partial charge in [-0.3, -0.25) is 4.79 Å². The Kier molecular flexibility index (Phi) is 5.72. The van der Waals surface area contributed by atoms with E-state index < -0.39 is 12.0 Å². The van der Waals surface area contributed by atoms with Gasteiger partial charge in [0.1, 0.15) is 11.9 Å². The summed E-state index contributed by atoms with van der Waals surface area (Å²) in [5.74, 6) is -0.958. The second-order valence-electron chi connectivity index (χ2n) is 7.04. The summed E-state index contributed by atoms with van der Waals surface area (Å²) in [6, 6.07) is 20.5. The number of halogens is 2. The molecule has 154 valence electrons. The first kappa shape index (κ1) is 20.6. The number of nitrogens with one attached hydrogen (secondary N) is 1. The Morgan fingerprint density at radius 3 is 2.65 bits per heavy atom. The van der Waals surface area contributed by atoms with Crippen molar-refractivity contribution in [3.8, 4) is 17.2 Å². The SMILES string of the molecule is N#Cc1ccc(NC(=O)[C@@H](O)Cn2ccc3cc(F)c(-c4ccccc4)cc32)cc1Cl. The molecule has 0 saturated carbocycles. The van der Waals surface area contributed by atoms with E-state index in [-0.39, 0.29) is 17.4 Å². The Labute approximate surface area is 182 Å². The van der Waals surface area contributed by atoms with Gasteiger partial charge < -0.3 is 15.0 Å². The molecule has 0 unspecified atom stereocenters. The van der Waals surface area contributed by atoms with Gasteiger partial charge in [-0.15, -0.1) is 0 Å². The molecule has 31 heavy (non-hydrogen) atoms. The maximum atomic E-state index is 14.6. The Balaban J connectivity index is 1.56. The molecule has 0 spiro atoms. The van der Waals surface area contributed by atoms with Crippen molar-refractivity contribution >= 4 is 34.1 Å². The summed E-state index contributed by atoms with van der Waals surface area (Å²) in [7, 11) is 0. The predicted molar refractivity (Wildman–Crippen MR) is 118 cm³/mol. The van der Waals surface area contributed by atoms with E-state index in [1.807, 2.05) is 36.4 Å². The van der Waals surface area contributed by atoms with Crippen LogP contribution >= 0.6 is 11.6 Å². The lowest BCUT2D eigenvalue weighted by molar-refractivity contribution is -0.124. The summed E-state index contributed by atoms with van der Waals surface area (Å²) < 4.78 is 16.3. The average molecular weight is 434 g/mol. The highest BCUT2D eigenvalue weighted by molar-refractivity contribution is 6.32. The summed E-state index contributed by atoms with van der Waals surface area (Å²) in [5.41, 5.74) is 2.55. The van der Waals surface area contributed by atoms with Gasteiger partial charge in [-0.1, -0.05) is 41.9 Å². The highest BCUT2D eigenvalue weighted by Crippen LogP contribution is 2.28. The van der Waals surface area contributed by atoms with Crippen LogP contribution in [0.3, 0.4) is 0 Å². The van der Waals surface area contributed by atoms with Crippen molar-refractivity contribution < 1.29 is 14.3 Å². The molecular formula is C24H17ClFN3O2. The number of fused-ring (bicyclic) bond motifs is 1. The number of hydrogen-bond acceptors (Lipinski definition) is 3. The van der Waals surface area contributed by atoms with E-state index in [1.165, 1.54) is 24.3 Å². The summed E-state index contributed by atoms with van der Waals surface area (Å²) >= 11 is 5.98. The highest BCUT2D eigenvalue weighted by atomic mass is 35.5. The summed E-state index contributed by atoms with van der Waals surface area (Å²) in [6.07, 6.45) is 0.351. The zero-order valence-corrected chi connectivity index (χ0v) is 17.0. The van der Waals surface area contributed by atoms with Crippen LogP contribution in [0.1, 0.15) is 5.56 Å². The molecule has 4 rings (SSSR count). The van der Waals surface area contributed by atoms with Crippen molar-refractivity contribution in [1.29, 1.82) is 5.26 Å². The fourth-order valence-corrected chi connectivity index (χ4v) is 3.61. The molecule has 0 aliphatic rings. The summed E-state index contributed by atoms with van der Waals surface area (Å²) in [5, 5.41) is 22.8. The molecule has 3 aromatic carbocycles. The van der Waals surface area contributed by atoms with Crippen molar-refractivity contribution in [3.63, 3.8) is 0 Å². The molecule has 0 fully saturated rings. The molecule has 1 amide bonds. The molecule has 1 aromatic heterocycles. The number of amides is 1. The first-order valence-electron chi connectivity index (χ1n) is 9.48. The number of nitriles is 1. The minimum atomic E-state index is -1.35. The molecule has 5 nitrogen and oxygen atoms in total. The number of hydrogen-bond donors (Lipinski definition) is 2. The first-order valence-corrected chi connectivity index (χ1v) is 9.86. The van der Waals surface area contributed by atoms with Crippen molar-refractivity contribution in [3.05, 3.63) is 89.3 Å². The van der Waals surface area contributed by atoms with Crippen LogP contribution in [0.25, 0.3) is 22.0 Å². The normalized spacial score (nSPS) is 11.8. The third-order valence-corrected chi connectivity index (χ3v) is 5.29. The van der Waals surface area contributed by atoms with E-state index in [1.54, 1.807) is 22.9 Å². The molecule has 1 atom stereocenters. The zero-order valence-electron chi connectivity index (χ0n) is 16.2. The Morgan fingerprint density at radius 2 is 1.94 bits per heavy atom. The summed E-state index contributed by atoms with van der Waals surface area (Å²) in [6.45, 7) is -0.0147. The van der Waals surface area contributed by atoms with E-state index in [0.717, 1.165) is 5.56 Å². The molecule has 0 aliphatic heterocycles. The third kappa shape index (κ3) is 4.29. The van der Waals surface area contributed by atoms with Crippen LogP contribution in [0.15, 0.2) is 72.9 Å². The molecule has 0 saturated heterocycles. The van der Waals surface area contributed by atoms with Crippen molar-refractivity contribution in [2.75, 3.05) is 5.32 Å². The van der Waals surface area contributed by atoms with Crippen LogP contribution in [-0.2, 0) is 11.3 Å². The Bertz CT molecular complexity index is 1310. The molecule has 1 heterocycles. The first-order chi connectivity index (χ1) is 15.0. The maximum Gasteiger partial charge on any atom is 0.255 e. The van der Waals surface area contributed by atoms with E-state index >= 15 is 0 Å².